The summed E-state index contributed by atoms with van der Waals surface area (Å²) in [5.41, 5.74) is 9.39. The molecule has 0 spiro atoms. The van der Waals surface area contributed by atoms with Crippen LogP contribution in [0.5, 0.6) is 0 Å². The van der Waals surface area contributed by atoms with Crippen LogP contribution in [0.1, 0.15) is 11.1 Å². The van der Waals surface area contributed by atoms with Gasteiger partial charge in [-0.25, -0.2) is 13.9 Å². The molecule has 1 N–H and O–H groups in total. The smallest absolute Gasteiger partial charge is 0.208 e. The molecule has 2 aromatic rings. The van der Waals surface area contributed by atoms with E-state index in [0.29, 0.717) is 0 Å². The monoisotopic (exact) mass is 469 g/mol. The van der Waals surface area contributed by atoms with Crippen LogP contribution in [-0.4, -0.2) is 25.8 Å². The maximum atomic E-state index is 13.0. The Morgan fingerprint density at radius 3 is 2.32 bits per heavy atom. The lowest BCUT2D eigenvalue weighted by Gasteiger charge is -2.29. The second kappa shape index (κ2) is 8.20. The third-order valence-electron chi connectivity index (χ3n) is 3.77. The Morgan fingerprint density at radius 1 is 1.20 bits per heavy atom. The molecular formula is C18H20IN3O2S. The van der Waals surface area contributed by atoms with Gasteiger partial charge >= 0.3 is 0 Å². The lowest BCUT2D eigenvalue weighted by Crippen LogP contribution is -2.40. The third-order valence-corrected chi connectivity index (χ3v) is 6.80. The lowest BCUT2D eigenvalue weighted by atomic mass is 10.1. The highest BCUT2D eigenvalue weighted by atomic mass is 127. The molecule has 5 nitrogen and oxygen atoms in total. The van der Waals surface area contributed by atoms with Crippen molar-refractivity contribution >= 4 is 32.6 Å². The van der Waals surface area contributed by atoms with Crippen molar-refractivity contribution in [2.75, 3.05) is 13.1 Å². The second-order valence-electron chi connectivity index (χ2n) is 5.64. The molecule has 0 aliphatic heterocycles. The van der Waals surface area contributed by atoms with E-state index in [2.05, 4.69) is 11.7 Å². The Kier molecular flexibility index (Phi) is 6.47. The van der Waals surface area contributed by atoms with Crippen LogP contribution in [0.15, 0.2) is 77.3 Å². The highest BCUT2D eigenvalue weighted by molar-refractivity contribution is 14.1. The first kappa shape index (κ1) is 19.7. The first-order valence-electron chi connectivity index (χ1n) is 7.64. The van der Waals surface area contributed by atoms with E-state index in [-0.39, 0.29) is 18.0 Å². The number of nitrogens with one attached hydrogen (secondary N) is 1. The maximum Gasteiger partial charge on any atom is 0.243 e. The van der Waals surface area contributed by atoms with Gasteiger partial charge in [0.15, 0.2) is 3.55 Å². The molecule has 132 valence electrons. The topological polar surface area (TPSA) is 73.6 Å². The number of hydrogen-bond donors (Lipinski definition) is 1. The highest BCUT2D eigenvalue weighted by Gasteiger charge is 2.36. The molecule has 1 unspecified atom stereocenters. The predicted octanol–water partition coefficient (Wildman–Crippen LogP) is 4.49. The standard InChI is InChI=1S/C18H20IN3O2S/c1-3-13-22(25(23,24)17-11-9-15(2)10-12-17)14-18(19,21-20)16-7-5-4-6-8-16/h3-12,20H,1,13-14H2,2H3. The largest absolute Gasteiger partial charge is 0.243 e. The van der Waals surface area contributed by atoms with Gasteiger partial charge in [0, 0.05) is 6.54 Å². The Morgan fingerprint density at radius 2 is 1.80 bits per heavy atom. The van der Waals surface area contributed by atoms with Gasteiger partial charge in [-0.1, -0.05) is 54.1 Å². The summed E-state index contributed by atoms with van der Waals surface area (Å²) in [7, 11) is -3.72. The Labute approximate surface area is 162 Å². The van der Waals surface area contributed by atoms with Gasteiger partial charge in [-0.2, -0.15) is 9.42 Å². The SMILES string of the molecule is C=CCN(CC(I)(N=N)c1ccccc1)S(=O)(=O)c1ccc(C)cc1. The van der Waals surface area contributed by atoms with E-state index in [1.807, 2.05) is 59.8 Å². The van der Waals surface area contributed by atoms with Gasteiger partial charge in [0.2, 0.25) is 10.0 Å². The quantitative estimate of drug-likeness (QED) is 0.203. The summed E-state index contributed by atoms with van der Waals surface area (Å²) in [6.45, 7) is 5.76. The van der Waals surface area contributed by atoms with Crippen LogP contribution >= 0.6 is 22.6 Å². The fraction of sp³-hybridized carbons (Fsp3) is 0.222. The van der Waals surface area contributed by atoms with Gasteiger partial charge in [0.05, 0.1) is 11.4 Å². The molecule has 2 rings (SSSR count). The molecule has 0 aliphatic rings. The first-order chi connectivity index (χ1) is 11.8. The number of alkyl halides is 1. The minimum atomic E-state index is -3.72. The summed E-state index contributed by atoms with van der Waals surface area (Å²) >= 11 is 2.03. The molecule has 25 heavy (non-hydrogen) atoms. The third kappa shape index (κ3) is 4.53. The normalized spacial score (nSPS) is 14.0. The second-order valence-corrected chi connectivity index (χ2v) is 9.36. The molecule has 0 fully saturated rings. The van der Waals surface area contributed by atoms with E-state index in [4.69, 9.17) is 5.53 Å². The predicted molar refractivity (Wildman–Crippen MR) is 107 cm³/mol. The van der Waals surface area contributed by atoms with Crippen molar-refractivity contribution in [3.05, 3.63) is 78.4 Å². The van der Waals surface area contributed by atoms with Crippen LogP contribution in [-0.2, 0) is 13.6 Å². The van der Waals surface area contributed by atoms with Crippen molar-refractivity contribution in [3.63, 3.8) is 0 Å². The Bertz CT molecular complexity index is 838. The fourth-order valence-electron chi connectivity index (χ4n) is 2.37. The molecule has 0 bridgehead atoms. The molecule has 0 saturated carbocycles. The minimum absolute atomic E-state index is 0.0449. The van der Waals surface area contributed by atoms with Gasteiger partial charge in [-0.15, -0.1) is 6.58 Å². The molecule has 0 heterocycles. The Balaban J connectivity index is 2.41. The summed E-state index contributed by atoms with van der Waals surface area (Å²) in [6.07, 6.45) is 1.54. The van der Waals surface area contributed by atoms with E-state index in [9.17, 15) is 8.42 Å². The van der Waals surface area contributed by atoms with Crippen LogP contribution < -0.4 is 0 Å². The summed E-state index contributed by atoms with van der Waals surface area (Å²) in [4.78, 5) is 0.219. The van der Waals surface area contributed by atoms with E-state index >= 15 is 0 Å². The van der Waals surface area contributed by atoms with Gasteiger partial charge < -0.3 is 0 Å². The summed E-state index contributed by atoms with van der Waals surface area (Å²) in [5.74, 6) is 0. The zero-order chi connectivity index (χ0) is 18.5. The van der Waals surface area contributed by atoms with Crippen molar-refractivity contribution in [3.8, 4) is 0 Å². The van der Waals surface area contributed by atoms with Gasteiger partial charge in [0.25, 0.3) is 0 Å². The van der Waals surface area contributed by atoms with E-state index in [0.717, 1.165) is 11.1 Å². The van der Waals surface area contributed by atoms with E-state index in [1.54, 1.807) is 24.3 Å². The van der Waals surface area contributed by atoms with E-state index < -0.39 is 13.6 Å². The first-order valence-corrected chi connectivity index (χ1v) is 10.2. The van der Waals surface area contributed by atoms with Crippen LogP contribution in [0.3, 0.4) is 0 Å². The number of halogens is 1. The van der Waals surface area contributed by atoms with Crippen molar-refractivity contribution in [1.82, 2.24) is 4.31 Å². The molecule has 2 aromatic carbocycles. The molecule has 0 aromatic heterocycles. The summed E-state index contributed by atoms with van der Waals surface area (Å²) in [6, 6.07) is 16.0. The van der Waals surface area contributed by atoms with Crippen LogP contribution in [0.2, 0.25) is 0 Å². The highest BCUT2D eigenvalue weighted by Crippen LogP contribution is 2.35. The molecule has 0 aliphatic carbocycles. The van der Waals surface area contributed by atoms with Crippen molar-refractivity contribution in [1.29, 1.82) is 5.53 Å². The number of rotatable bonds is 8. The fourth-order valence-corrected chi connectivity index (χ4v) is 4.81. The van der Waals surface area contributed by atoms with Crippen molar-refractivity contribution < 1.29 is 8.42 Å². The average Bonchev–Trinajstić information content (AvgIpc) is 2.62. The molecule has 0 amide bonds. The summed E-state index contributed by atoms with van der Waals surface area (Å²) in [5, 5.41) is 3.73. The molecule has 7 heteroatoms. The van der Waals surface area contributed by atoms with Crippen LogP contribution in [0.25, 0.3) is 0 Å². The molecular weight excluding hydrogens is 449 g/mol. The van der Waals surface area contributed by atoms with Crippen LogP contribution in [0, 0.1) is 12.5 Å². The average molecular weight is 469 g/mol. The molecule has 1 atom stereocenters. The number of benzene rings is 2. The molecule has 0 saturated heterocycles. The number of aryl methyl sites for hydroxylation is 1. The van der Waals surface area contributed by atoms with Gasteiger partial charge in [0.1, 0.15) is 0 Å². The van der Waals surface area contributed by atoms with Crippen molar-refractivity contribution in [2.45, 2.75) is 15.4 Å². The number of hydrogen-bond acceptors (Lipinski definition) is 4. The maximum absolute atomic E-state index is 13.0. The zero-order valence-electron chi connectivity index (χ0n) is 13.9. The molecule has 0 radical (unpaired) electrons. The summed E-state index contributed by atoms with van der Waals surface area (Å²) < 4.78 is 26.4. The van der Waals surface area contributed by atoms with E-state index in [1.165, 1.54) is 10.4 Å². The zero-order valence-corrected chi connectivity index (χ0v) is 16.9. The van der Waals surface area contributed by atoms with Crippen LogP contribution in [0.4, 0.5) is 0 Å². The van der Waals surface area contributed by atoms with Gasteiger partial charge in [-0.3, -0.25) is 0 Å². The van der Waals surface area contributed by atoms with Crippen molar-refractivity contribution in [2.24, 2.45) is 5.11 Å². The number of nitrogens with zero attached hydrogens (tertiary/aromatic N) is 2. The minimum Gasteiger partial charge on any atom is -0.208 e. The lowest BCUT2D eigenvalue weighted by molar-refractivity contribution is 0.398. The van der Waals surface area contributed by atoms with Gasteiger partial charge in [-0.05, 0) is 47.2 Å². The number of sulfonamides is 1. The Hall–Kier alpha value is -1.58.